The molecule has 0 aliphatic heterocycles. The molecule has 5 atom stereocenters. The Labute approximate surface area is 67.0 Å². The number of rotatable bonds is 0. The summed E-state index contributed by atoms with van der Waals surface area (Å²) in [6, 6.07) is 0.535. The molecule has 1 nitrogen and oxygen atoms in total. The van der Waals surface area contributed by atoms with Gasteiger partial charge in [-0.2, -0.15) is 0 Å². The van der Waals surface area contributed by atoms with Gasteiger partial charge >= 0.3 is 0 Å². The van der Waals surface area contributed by atoms with E-state index in [0.29, 0.717) is 6.04 Å². The minimum atomic E-state index is 0.535. The first-order chi connectivity index (χ1) is 5.38. The Morgan fingerprint density at radius 3 is 2.91 bits per heavy atom. The summed E-state index contributed by atoms with van der Waals surface area (Å²) in [6.45, 7) is 0. The topological polar surface area (TPSA) is 26.0 Å². The minimum absolute atomic E-state index is 0.535. The molecule has 3 aliphatic carbocycles. The molecule has 0 bridgehead atoms. The van der Waals surface area contributed by atoms with Crippen molar-refractivity contribution in [1.82, 2.24) is 0 Å². The Kier molecular flexibility index (Phi) is 0.972. The molecule has 0 amide bonds. The van der Waals surface area contributed by atoms with Crippen LogP contribution in [-0.4, -0.2) is 6.04 Å². The molecule has 0 spiro atoms. The predicted molar refractivity (Wildman–Crippen MR) is 44.8 cm³/mol. The lowest BCUT2D eigenvalue weighted by Crippen LogP contribution is -2.18. The van der Waals surface area contributed by atoms with E-state index in [4.69, 9.17) is 5.73 Å². The average Bonchev–Trinajstić information content (AvgIpc) is 2.55. The lowest BCUT2D eigenvalue weighted by Gasteiger charge is -2.19. The Morgan fingerprint density at radius 1 is 1.18 bits per heavy atom. The van der Waals surface area contributed by atoms with Gasteiger partial charge in [0.15, 0.2) is 0 Å². The van der Waals surface area contributed by atoms with E-state index in [9.17, 15) is 0 Å². The number of allylic oxidation sites excluding steroid dienone is 4. The molecular formula is C10H13N. The Morgan fingerprint density at radius 2 is 2.00 bits per heavy atom. The highest BCUT2D eigenvalue weighted by Gasteiger charge is 2.58. The largest absolute Gasteiger partial charge is 0.327 e. The highest BCUT2D eigenvalue weighted by atomic mass is 14.8. The van der Waals surface area contributed by atoms with Crippen LogP contribution in [0.3, 0.4) is 0 Å². The van der Waals surface area contributed by atoms with Crippen LogP contribution in [0.4, 0.5) is 0 Å². The maximum absolute atomic E-state index is 5.92. The lowest BCUT2D eigenvalue weighted by molar-refractivity contribution is 0.455. The van der Waals surface area contributed by atoms with Crippen molar-refractivity contribution in [3.8, 4) is 0 Å². The first kappa shape index (κ1) is 6.01. The molecule has 0 aromatic heterocycles. The zero-order valence-electron chi connectivity index (χ0n) is 6.48. The van der Waals surface area contributed by atoms with E-state index in [-0.39, 0.29) is 0 Å². The van der Waals surface area contributed by atoms with Gasteiger partial charge in [0.05, 0.1) is 0 Å². The molecule has 58 valence electrons. The average molecular weight is 147 g/mol. The van der Waals surface area contributed by atoms with Crippen LogP contribution in [0, 0.1) is 23.7 Å². The SMILES string of the molecule is N[C@@H]1C2CC3C=CC=CC3C21. The highest BCUT2D eigenvalue weighted by molar-refractivity contribution is 5.25. The van der Waals surface area contributed by atoms with Crippen molar-refractivity contribution in [2.24, 2.45) is 29.4 Å². The van der Waals surface area contributed by atoms with Crippen molar-refractivity contribution in [2.75, 3.05) is 0 Å². The van der Waals surface area contributed by atoms with Crippen molar-refractivity contribution in [3.63, 3.8) is 0 Å². The van der Waals surface area contributed by atoms with E-state index in [1.54, 1.807) is 0 Å². The second-order valence-electron chi connectivity index (χ2n) is 4.07. The maximum Gasteiger partial charge on any atom is 0.0108 e. The van der Waals surface area contributed by atoms with Crippen LogP contribution in [0.15, 0.2) is 24.3 Å². The van der Waals surface area contributed by atoms with Crippen molar-refractivity contribution >= 4 is 0 Å². The second-order valence-corrected chi connectivity index (χ2v) is 4.07. The molecule has 0 radical (unpaired) electrons. The molecule has 3 rings (SSSR count). The molecule has 2 fully saturated rings. The summed E-state index contributed by atoms with van der Waals surface area (Å²) in [7, 11) is 0. The summed E-state index contributed by atoms with van der Waals surface area (Å²) >= 11 is 0. The number of hydrogen-bond acceptors (Lipinski definition) is 1. The molecule has 3 aliphatic rings. The van der Waals surface area contributed by atoms with Gasteiger partial charge in [0.2, 0.25) is 0 Å². The van der Waals surface area contributed by atoms with Crippen LogP contribution < -0.4 is 5.73 Å². The fraction of sp³-hybridized carbons (Fsp3) is 0.600. The van der Waals surface area contributed by atoms with Gasteiger partial charge in [-0.3, -0.25) is 0 Å². The third kappa shape index (κ3) is 0.646. The Hall–Kier alpha value is -0.560. The van der Waals surface area contributed by atoms with Crippen molar-refractivity contribution < 1.29 is 0 Å². The molecule has 2 N–H and O–H groups in total. The van der Waals surface area contributed by atoms with Crippen LogP contribution in [-0.2, 0) is 0 Å². The summed E-state index contributed by atoms with van der Waals surface area (Å²) in [5.74, 6) is 3.31. The van der Waals surface area contributed by atoms with Crippen LogP contribution in [0.1, 0.15) is 6.42 Å². The normalized spacial score (nSPS) is 57.4. The van der Waals surface area contributed by atoms with Gasteiger partial charge in [-0.1, -0.05) is 24.3 Å². The van der Waals surface area contributed by atoms with Crippen LogP contribution in [0.2, 0.25) is 0 Å². The third-order valence-electron chi connectivity index (χ3n) is 3.58. The molecular weight excluding hydrogens is 134 g/mol. The van der Waals surface area contributed by atoms with Gasteiger partial charge in [0.25, 0.3) is 0 Å². The van der Waals surface area contributed by atoms with Crippen molar-refractivity contribution in [2.45, 2.75) is 12.5 Å². The first-order valence-electron chi connectivity index (χ1n) is 4.48. The van der Waals surface area contributed by atoms with E-state index in [1.165, 1.54) is 6.42 Å². The van der Waals surface area contributed by atoms with Gasteiger partial charge in [-0.25, -0.2) is 0 Å². The van der Waals surface area contributed by atoms with Gasteiger partial charge < -0.3 is 5.73 Å². The third-order valence-corrected chi connectivity index (χ3v) is 3.58. The molecule has 1 heteroatoms. The lowest BCUT2D eigenvalue weighted by atomic mass is 9.87. The zero-order valence-corrected chi connectivity index (χ0v) is 6.48. The molecule has 2 saturated carbocycles. The van der Waals surface area contributed by atoms with Gasteiger partial charge in [-0.15, -0.1) is 0 Å². The second kappa shape index (κ2) is 1.78. The van der Waals surface area contributed by atoms with E-state index < -0.39 is 0 Å². The fourth-order valence-corrected chi connectivity index (χ4v) is 2.92. The fourth-order valence-electron chi connectivity index (χ4n) is 2.92. The van der Waals surface area contributed by atoms with Crippen LogP contribution >= 0.6 is 0 Å². The van der Waals surface area contributed by atoms with Gasteiger partial charge in [-0.05, 0) is 30.1 Å². The summed E-state index contributed by atoms with van der Waals surface area (Å²) in [6.07, 6.45) is 10.4. The van der Waals surface area contributed by atoms with E-state index >= 15 is 0 Å². The van der Waals surface area contributed by atoms with Gasteiger partial charge in [0.1, 0.15) is 0 Å². The van der Waals surface area contributed by atoms with Crippen LogP contribution in [0.5, 0.6) is 0 Å². The Balaban J connectivity index is 1.90. The molecule has 0 aromatic carbocycles. The zero-order chi connectivity index (χ0) is 7.42. The van der Waals surface area contributed by atoms with Crippen LogP contribution in [0.25, 0.3) is 0 Å². The maximum atomic E-state index is 5.92. The number of nitrogens with two attached hydrogens (primary N) is 1. The smallest absolute Gasteiger partial charge is 0.0108 e. The number of fused-ring (bicyclic) bond motifs is 3. The van der Waals surface area contributed by atoms with Crippen molar-refractivity contribution in [3.05, 3.63) is 24.3 Å². The van der Waals surface area contributed by atoms with E-state index in [1.807, 2.05) is 0 Å². The first-order valence-corrected chi connectivity index (χ1v) is 4.48. The summed E-state index contributed by atoms with van der Waals surface area (Å²) in [4.78, 5) is 0. The predicted octanol–water partition coefficient (Wildman–Crippen LogP) is 1.32. The molecule has 0 saturated heterocycles. The highest BCUT2D eigenvalue weighted by Crippen LogP contribution is 2.58. The molecule has 4 unspecified atom stereocenters. The van der Waals surface area contributed by atoms with E-state index in [0.717, 1.165) is 23.7 Å². The standard InChI is InChI=1S/C10H13N/c11-10-8-5-6-3-1-2-4-7(6)9(8)10/h1-4,6-10H,5,11H2/t6?,7?,8?,9?,10-/m1/s1. The molecule has 0 aromatic rings. The molecule has 11 heavy (non-hydrogen) atoms. The van der Waals surface area contributed by atoms with Crippen molar-refractivity contribution in [1.29, 1.82) is 0 Å². The number of hydrogen-bond donors (Lipinski definition) is 1. The monoisotopic (exact) mass is 147 g/mol. The summed E-state index contributed by atoms with van der Waals surface area (Å²) < 4.78 is 0. The molecule has 0 heterocycles. The summed E-state index contributed by atoms with van der Waals surface area (Å²) in [5, 5.41) is 0. The Bertz CT molecular complexity index is 241. The van der Waals surface area contributed by atoms with E-state index in [2.05, 4.69) is 24.3 Å². The summed E-state index contributed by atoms with van der Waals surface area (Å²) in [5.41, 5.74) is 5.92. The minimum Gasteiger partial charge on any atom is -0.327 e. The quantitative estimate of drug-likeness (QED) is 0.549. The van der Waals surface area contributed by atoms with Gasteiger partial charge in [0, 0.05) is 6.04 Å².